The second-order valence-corrected chi connectivity index (χ2v) is 11.7. The fraction of sp³-hybridized carbons (Fsp3) is 0.243. The molecule has 0 atom stereocenters. The van der Waals surface area contributed by atoms with Gasteiger partial charge in [0.25, 0.3) is 0 Å². The van der Waals surface area contributed by atoms with Gasteiger partial charge in [-0.25, -0.2) is 0 Å². The quantitative estimate of drug-likeness (QED) is 0.229. The topological polar surface area (TPSA) is 49.8 Å². The molecule has 3 heteroatoms. The predicted molar refractivity (Wildman–Crippen MR) is 167 cm³/mol. The Hall–Kier alpha value is -4.42. The fourth-order valence-electron chi connectivity index (χ4n) is 5.49. The molecule has 0 aliphatic heterocycles. The number of hydrogen-bond acceptors (Lipinski definition) is 3. The monoisotopic (exact) mass is 527 g/mol. The molecule has 0 N–H and O–H groups in total. The van der Waals surface area contributed by atoms with Crippen molar-refractivity contribution in [3.63, 3.8) is 0 Å². The second kappa shape index (κ2) is 9.65. The van der Waals surface area contributed by atoms with Crippen LogP contribution in [0.25, 0.3) is 55.1 Å². The normalized spacial score (nSPS) is 14.6. The van der Waals surface area contributed by atoms with Crippen molar-refractivity contribution in [1.82, 2.24) is 4.98 Å². The summed E-state index contributed by atoms with van der Waals surface area (Å²) in [5.74, 6) is 0.151. The van der Waals surface area contributed by atoms with Gasteiger partial charge in [-0.3, -0.25) is 4.98 Å². The van der Waals surface area contributed by atoms with Crippen molar-refractivity contribution in [2.24, 2.45) is 5.41 Å². The summed E-state index contributed by atoms with van der Waals surface area (Å²) in [6, 6.07) is 25.8. The molecule has 4 aromatic carbocycles. The summed E-state index contributed by atoms with van der Waals surface area (Å²) in [6.07, 6.45) is -0.690. The molecule has 6 aromatic rings. The van der Waals surface area contributed by atoms with Gasteiger partial charge in [0.1, 0.15) is 11.2 Å². The summed E-state index contributed by atoms with van der Waals surface area (Å²) >= 11 is 0. The number of fused-ring (bicyclic) bond motifs is 4. The molecular weight excluding hydrogens is 488 g/mol. The van der Waals surface area contributed by atoms with Gasteiger partial charge in [-0.15, -0.1) is 0 Å². The highest BCUT2D eigenvalue weighted by molar-refractivity contribution is 6.15. The lowest BCUT2D eigenvalue weighted by Gasteiger charge is -2.20. The van der Waals surface area contributed by atoms with Gasteiger partial charge in [0.2, 0.25) is 0 Å². The first-order valence-electron chi connectivity index (χ1n) is 16.1. The Kier molecular flexibility index (Phi) is 4.94. The molecule has 0 radical (unpaired) electrons. The Bertz CT molecular complexity index is 2160. The van der Waals surface area contributed by atoms with Gasteiger partial charge in [-0.2, -0.15) is 5.26 Å². The maximum Gasteiger partial charge on any atom is 0.145 e. The van der Waals surface area contributed by atoms with Crippen LogP contribution >= 0.6 is 0 Å². The molecule has 0 aliphatic rings. The van der Waals surface area contributed by atoms with E-state index in [4.69, 9.17) is 11.3 Å². The Labute approximate surface area is 243 Å². The highest BCUT2D eigenvalue weighted by Crippen LogP contribution is 2.44. The maximum atomic E-state index is 10.2. The van der Waals surface area contributed by atoms with Crippen LogP contribution in [-0.4, -0.2) is 4.98 Å². The largest absolute Gasteiger partial charge is 0.455 e. The molecule has 0 aliphatic carbocycles. The first-order chi connectivity index (χ1) is 21.1. The van der Waals surface area contributed by atoms with Crippen LogP contribution in [0.15, 0.2) is 83.4 Å². The van der Waals surface area contributed by atoms with Gasteiger partial charge in [0, 0.05) is 34.9 Å². The van der Waals surface area contributed by atoms with E-state index in [2.05, 4.69) is 31.0 Å². The molecule has 0 saturated carbocycles. The lowest BCUT2D eigenvalue weighted by atomic mass is 9.86. The van der Waals surface area contributed by atoms with Crippen LogP contribution in [0.1, 0.15) is 69.6 Å². The number of nitriles is 1. The molecule has 0 spiro atoms. The second-order valence-electron chi connectivity index (χ2n) is 11.7. The number of furan rings is 1. The molecule has 6 rings (SSSR count). The van der Waals surface area contributed by atoms with E-state index in [1.807, 2.05) is 60.7 Å². The Balaban J connectivity index is 1.69. The molecule has 0 bridgehead atoms. The summed E-state index contributed by atoms with van der Waals surface area (Å²) in [6.45, 7) is 6.95. The first-order valence-corrected chi connectivity index (χ1v) is 13.6. The van der Waals surface area contributed by atoms with Gasteiger partial charge in [-0.1, -0.05) is 77.1 Å². The Morgan fingerprint density at radius 3 is 2.50 bits per heavy atom. The number of pyridine rings is 1. The van der Waals surface area contributed by atoms with E-state index in [0.717, 1.165) is 32.7 Å². The number of nitrogens with zero attached hydrogens (tertiary/aromatic N) is 2. The highest BCUT2D eigenvalue weighted by atomic mass is 16.3. The predicted octanol–water partition coefficient (Wildman–Crippen LogP) is 10.4. The van der Waals surface area contributed by atoms with Crippen LogP contribution < -0.4 is 0 Å². The van der Waals surface area contributed by atoms with Crippen molar-refractivity contribution in [2.75, 3.05) is 0 Å². The van der Waals surface area contributed by atoms with E-state index < -0.39 is 18.6 Å². The summed E-state index contributed by atoms with van der Waals surface area (Å²) < 4.78 is 49.1. The van der Waals surface area contributed by atoms with Crippen LogP contribution in [0.5, 0.6) is 0 Å². The molecule has 0 saturated heterocycles. The summed E-state index contributed by atoms with van der Waals surface area (Å²) in [5.41, 5.74) is 4.39. The van der Waals surface area contributed by atoms with Gasteiger partial charge in [0.05, 0.1) is 17.3 Å². The number of hydrogen-bond donors (Lipinski definition) is 0. The number of aryl methyl sites for hydroxylation is 1. The van der Waals surface area contributed by atoms with Crippen LogP contribution in [0, 0.1) is 23.6 Å². The van der Waals surface area contributed by atoms with Crippen molar-refractivity contribution in [3.8, 4) is 28.5 Å². The third-order valence-electron chi connectivity index (χ3n) is 7.29. The van der Waals surface area contributed by atoms with Crippen molar-refractivity contribution in [1.29, 1.82) is 5.26 Å². The third-order valence-corrected chi connectivity index (χ3v) is 7.29. The standard InChI is InChI=1S/C37H34N2O/c1-22(2)29-15-16-30(32-18-28(19-37(4,5)6)23(3)21-39-32)35-34(29)31-14-13-27(20-38)33(36(31)40-35)26-12-11-24-9-7-8-10-25(24)17-26/h7-18,21-22H,19H2,1-6H3/i3D3,19D2. The zero-order valence-corrected chi connectivity index (χ0v) is 23.4. The van der Waals surface area contributed by atoms with Gasteiger partial charge >= 0.3 is 0 Å². The Morgan fingerprint density at radius 1 is 0.975 bits per heavy atom. The molecular formula is C37H34N2O. The van der Waals surface area contributed by atoms with E-state index >= 15 is 0 Å². The average Bonchev–Trinajstić information content (AvgIpc) is 3.38. The molecule has 0 fully saturated rings. The van der Waals surface area contributed by atoms with Crippen LogP contribution in [0.2, 0.25) is 0 Å². The Morgan fingerprint density at radius 2 is 1.77 bits per heavy atom. The molecule has 2 aromatic heterocycles. The van der Waals surface area contributed by atoms with Crippen LogP contribution in [0.4, 0.5) is 0 Å². The molecule has 0 unspecified atom stereocenters. The zero-order chi connectivity index (χ0) is 32.5. The van der Waals surface area contributed by atoms with Crippen LogP contribution in [0.3, 0.4) is 0 Å². The average molecular weight is 528 g/mol. The minimum Gasteiger partial charge on any atom is -0.455 e. The van der Waals surface area contributed by atoms with Crippen molar-refractivity contribution in [3.05, 3.63) is 101 Å². The first kappa shape index (κ1) is 20.5. The summed E-state index contributed by atoms with van der Waals surface area (Å²) in [4.78, 5) is 4.58. The van der Waals surface area contributed by atoms with E-state index in [-0.39, 0.29) is 17.0 Å². The molecule has 198 valence electrons. The summed E-state index contributed by atoms with van der Waals surface area (Å²) in [5, 5.41) is 14.1. The van der Waals surface area contributed by atoms with E-state index in [9.17, 15) is 5.26 Å². The van der Waals surface area contributed by atoms with Crippen LogP contribution in [-0.2, 0) is 6.37 Å². The fourth-order valence-corrected chi connectivity index (χ4v) is 5.49. The minimum absolute atomic E-state index is 0.0841. The van der Waals surface area contributed by atoms with Crippen molar-refractivity contribution >= 4 is 32.7 Å². The number of aromatic nitrogens is 1. The summed E-state index contributed by atoms with van der Waals surface area (Å²) in [7, 11) is 0. The van der Waals surface area contributed by atoms with Gasteiger partial charge in [0.15, 0.2) is 0 Å². The zero-order valence-electron chi connectivity index (χ0n) is 28.4. The molecule has 3 nitrogen and oxygen atoms in total. The lowest BCUT2D eigenvalue weighted by molar-refractivity contribution is 0.410. The number of benzene rings is 4. The van der Waals surface area contributed by atoms with Gasteiger partial charge in [-0.05, 0) is 87.9 Å². The molecule has 40 heavy (non-hydrogen) atoms. The maximum absolute atomic E-state index is 10.2. The molecule has 2 heterocycles. The highest BCUT2D eigenvalue weighted by Gasteiger charge is 2.23. The van der Waals surface area contributed by atoms with Gasteiger partial charge < -0.3 is 4.42 Å². The van der Waals surface area contributed by atoms with E-state index in [1.54, 1.807) is 26.8 Å². The smallest absolute Gasteiger partial charge is 0.145 e. The van der Waals surface area contributed by atoms with E-state index in [1.165, 1.54) is 6.20 Å². The minimum atomic E-state index is -2.54. The SMILES string of the molecule is [2H]C([2H])([2H])c1cnc(-c2ccc(C(C)C)c3c2oc2c(-c4ccc5ccccc5c4)c(C#N)ccc23)cc1C([2H])([2H])C(C)(C)C. The third kappa shape index (κ3) is 4.44. The van der Waals surface area contributed by atoms with E-state index in [0.29, 0.717) is 33.6 Å². The lowest BCUT2D eigenvalue weighted by Crippen LogP contribution is -2.10. The van der Waals surface area contributed by atoms with Crippen molar-refractivity contribution in [2.45, 2.75) is 53.8 Å². The van der Waals surface area contributed by atoms with Crippen molar-refractivity contribution < 1.29 is 11.3 Å². The molecule has 0 amide bonds. The number of rotatable bonds is 4.